The van der Waals surface area contributed by atoms with E-state index in [9.17, 15) is 12.8 Å². The summed E-state index contributed by atoms with van der Waals surface area (Å²) in [4.78, 5) is 4.84. The van der Waals surface area contributed by atoms with Crippen LogP contribution in [0.1, 0.15) is 11.3 Å². The number of thiazole rings is 1. The number of nitrogens with zero attached hydrogens (tertiary/aromatic N) is 2. The Morgan fingerprint density at radius 1 is 1.16 bits per heavy atom. The van der Waals surface area contributed by atoms with Gasteiger partial charge >= 0.3 is 0 Å². The van der Waals surface area contributed by atoms with E-state index in [0.717, 1.165) is 11.1 Å². The number of rotatable bonds is 7. The van der Waals surface area contributed by atoms with E-state index in [0.29, 0.717) is 27.8 Å². The Morgan fingerprint density at radius 2 is 1.88 bits per heavy atom. The quantitative estimate of drug-likeness (QED) is 0.422. The molecule has 0 unspecified atom stereocenters. The maximum Gasteiger partial charge on any atom is 0.242 e. The number of hydrogen-bond donors (Lipinski definition) is 1. The molecule has 1 N–H and O–H groups in total. The van der Waals surface area contributed by atoms with Gasteiger partial charge < -0.3 is 9.30 Å². The third-order valence-electron chi connectivity index (χ3n) is 5.29. The first-order chi connectivity index (χ1) is 15.3. The molecule has 4 aromatic rings. The van der Waals surface area contributed by atoms with Crippen molar-refractivity contribution in [1.29, 1.82) is 0 Å². The molecule has 0 bridgehead atoms. The first-order valence-electron chi connectivity index (χ1n) is 9.80. The van der Waals surface area contributed by atoms with E-state index in [2.05, 4.69) is 9.71 Å². The van der Waals surface area contributed by atoms with E-state index in [1.807, 2.05) is 35.2 Å². The highest BCUT2D eigenvalue weighted by atomic mass is 32.2. The van der Waals surface area contributed by atoms with Gasteiger partial charge in [0, 0.05) is 35.8 Å². The maximum atomic E-state index is 13.2. The molecule has 0 fully saturated rings. The van der Waals surface area contributed by atoms with Gasteiger partial charge in [0.05, 0.1) is 18.5 Å². The zero-order valence-corrected chi connectivity index (χ0v) is 19.4. The molecule has 2 heterocycles. The zero-order valence-electron chi connectivity index (χ0n) is 17.8. The molecule has 0 atom stereocenters. The first kappa shape index (κ1) is 22.2. The lowest BCUT2D eigenvalue weighted by Crippen LogP contribution is -2.24. The highest BCUT2D eigenvalue weighted by Gasteiger charge is 2.23. The fourth-order valence-electron chi connectivity index (χ4n) is 3.39. The predicted molar refractivity (Wildman–Crippen MR) is 124 cm³/mol. The van der Waals surface area contributed by atoms with Crippen molar-refractivity contribution in [1.82, 2.24) is 14.3 Å². The molecular weight excluding hydrogens is 449 g/mol. The third kappa shape index (κ3) is 4.32. The molecule has 6 nitrogen and oxygen atoms in total. The highest BCUT2D eigenvalue weighted by molar-refractivity contribution is 7.89. The number of aromatic nitrogens is 2. The van der Waals surface area contributed by atoms with Crippen LogP contribution in [0.15, 0.2) is 64.9 Å². The van der Waals surface area contributed by atoms with Gasteiger partial charge in [-0.2, -0.15) is 0 Å². The van der Waals surface area contributed by atoms with E-state index in [1.165, 1.54) is 23.5 Å². The van der Waals surface area contributed by atoms with E-state index in [1.54, 1.807) is 38.3 Å². The van der Waals surface area contributed by atoms with Crippen molar-refractivity contribution >= 4 is 21.4 Å². The lowest BCUT2D eigenvalue weighted by molar-refractivity contribution is 0.409. The standard InChI is InChI=1S/C23H22FN3O3S2/c1-15-22(32(28,29)25-13-17-6-4-5-7-21(17)30-3)12-20(27(15)2)23-26-19(14-31-23)16-8-10-18(24)11-9-16/h4-12,14,25H,13H2,1-3H3. The van der Waals surface area contributed by atoms with Crippen LogP contribution < -0.4 is 9.46 Å². The second-order valence-corrected chi connectivity index (χ2v) is 9.81. The summed E-state index contributed by atoms with van der Waals surface area (Å²) in [6.45, 7) is 1.87. The fourth-order valence-corrected chi connectivity index (χ4v) is 5.57. The number of hydrogen-bond acceptors (Lipinski definition) is 5. The number of methoxy groups -OCH3 is 1. The van der Waals surface area contributed by atoms with Crippen molar-refractivity contribution < 1.29 is 17.5 Å². The van der Waals surface area contributed by atoms with Crippen LogP contribution in [-0.4, -0.2) is 25.1 Å². The van der Waals surface area contributed by atoms with Gasteiger partial charge in [0.2, 0.25) is 10.0 Å². The minimum absolute atomic E-state index is 0.113. The van der Waals surface area contributed by atoms with Gasteiger partial charge in [0.25, 0.3) is 0 Å². The number of halogens is 1. The summed E-state index contributed by atoms with van der Waals surface area (Å²) < 4.78 is 49.1. The summed E-state index contributed by atoms with van der Waals surface area (Å²) >= 11 is 1.41. The van der Waals surface area contributed by atoms with E-state index in [-0.39, 0.29) is 17.3 Å². The number of para-hydroxylation sites is 1. The van der Waals surface area contributed by atoms with Gasteiger partial charge in [-0.15, -0.1) is 11.3 Å². The minimum Gasteiger partial charge on any atom is -0.496 e. The Balaban J connectivity index is 1.61. The predicted octanol–water partition coefficient (Wildman–Crippen LogP) is 4.75. The number of ether oxygens (including phenoxy) is 1. The molecule has 0 aliphatic carbocycles. The van der Waals surface area contributed by atoms with Crippen molar-refractivity contribution in [2.75, 3.05) is 7.11 Å². The van der Waals surface area contributed by atoms with E-state index >= 15 is 0 Å². The first-order valence-corrected chi connectivity index (χ1v) is 12.2. The fraction of sp³-hybridized carbons (Fsp3) is 0.174. The SMILES string of the molecule is COc1ccccc1CNS(=O)(=O)c1cc(-c2nc(-c3ccc(F)cc3)cs2)n(C)c1C. The monoisotopic (exact) mass is 471 g/mol. The molecule has 0 saturated heterocycles. The van der Waals surface area contributed by atoms with Crippen molar-refractivity contribution in [3.63, 3.8) is 0 Å². The molecule has 2 aromatic heterocycles. The number of benzene rings is 2. The molecule has 9 heteroatoms. The molecule has 2 aromatic carbocycles. The van der Waals surface area contributed by atoms with Crippen LogP contribution in [0.4, 0.5) is 4.39 Å². The molecule has 166 valence electrons. The van der Waals surface area contributed by atoms with Crippen molar-refractivity contribution in [2.45, 2.75) is 18.4 Å². The van der Waals surface area contributed by atoms with Gasteiger partial charge in [0.15, 0.2) is 0 Å². The highest BCUT2D eigenvalue weighted by Crippen LogP contribution is 2.32. The lowest BCUT2D eigenvalue weighted by atomic mass is 10.2. The van der Waals surface area contributed by atoms with Crippen molar-refractivity contribution in [2.24, 2.45) is 7.05 Å². The topological polar surface area (TPSA) is 73.2 Å². The van der Waals surface area contributed by atoms with Gasteiger partial charge in [-0.3, -0.25) is 0 Å². The van der Waals surface area contributed by atoms with Crippen LogP contribution in [0.5, 0.6) is 5.75 Å². The molecule has 0 spiro atoms. The van der Waals surface area contributed by atoms with Gasteiger partial charge in [0.1, 0.15) is 21.5 Å². The van der Waals surface area contributed by atoms with Crippen molar-refractivity contribution in [3.8, 4) is 27.7 Å². The average Bonchev–Trinajstić information content (AvgIpc) is 3.39. The van der Waals surface area contributed by atoms with Gasteiger partial charge in [-0.25, -0.2) is 22.5 Å². The Labute approximate surface area is 190 Å². The summed E-state index contributed by atoms with van der Waals surface area (Å²) in [7, 11) is -0.406. The van der Waals surface area contributed by atoms with Gasteiger partial charge in [-0.05, 0) is 43.3 Å². The third-order valence-corrected chi connectivity index (χ3v) is 7.67. The van der Waals surface area contributed by atoms with E-state index < -0.39 is 10.0 Å². The normalized spacial score (nSPS) is 11.6. The number of nitrogens with one attached hydrogen (secondary N) is 1. The van der Waals surface area contributed by atoms with Crippen LogP contribution in [0.3, 0.4) is 0 Å². The molecule has 32 heavy (non-hydrogen) atoms. The zero-order chi connectivity index (χ0) is 22.9. The smallest absolute Gasteiger partial charge is 0.242 e. The summed E-state index contributed by atoms with van der Waals surface area (Å²) in [5.74, 6) is 0.314. The molecule has 4 rings (SSSR count). The van der Waals surface area contributed by atoms with Crippen LogP contribution in [0, 0.1) is 12.7 Å². The minimum atomic E-state index is -3.77. The van der Waals surface area contributed by atoms with Gasteiger partial charge in [-0.1, -0.05) is 18.2 Å². The van der Waals surface area contributed by atoms with Crippen LogP contribution in [0.2, 0.25) is 0 Å². The largest absolute Gasteiger partial charge is 0.496 e. The molecule has 0 aliphatic rings. The molecule has 0 radical (unpaired) electrons. The second-order valence-electron chi connectivity index (χ2n) is 7.22. The lowest BCUT2D eigenvalue weighted by Gasteiger charge is -2.10. The molecule has 0 saturated carbocycles. The Bertz CT molecular complexity index is 1360. The Kier molecular flexibility index (Phi) is 6.14. The second kappa shape index (κ2) is 8.85. The van der Waals surface area contributed by atoms with Crippen molar-refractivity contribution in [3.05, 3.63) is 77.1 Å². The molecule has 0 amide bonds. The van der Waals surface area contributed by atoms with E-state index in [4.69, 9.17) is 4.74 Å². The van der Waals surface area contributed by atoms with Crippen LogP contribution >= 0.6 is 11.3 Å². The summed E-state index contributed by atoms with van der Waals surface area (Å²) in [6, 6.07) is 15.0. The number of sulfonamides is 1. The van der Waals surface area contributed by atoms with Crippen LogP contribution in [0.25, 0.3) is 22.0 Å². The summed E-state index contributed by atoms with van der Waals surface area (Å²) in [5.41, 5.74) is 3.55. The maximum absolute atomic E-state index is 13.2. The van der Waals surface area contributed by atoms with Crippen LogP contribution in [-0.2, 0) is 23.6 Å². The Morgan fingerprint density at radius 3 is 2.59 bits per heavy atom. The summed E-state index contributed by atoms with van der Waals surface area (Å²) in [5, 5.41) is 2.56. The summed E-state index contributed by atoms with van der Waals surface area (Å²) in [6.07, 6.45) is 0. The average molecular weight is 472 g/mol. The molecule has 0 aliphatic heterocycles. The Hall–Kier alpha value is -3.01. The molecular formula is C23H22FN3O3S2.